The summed E-state index contributed by atoms with van der Waals surface area (Å²) >= 11 is 0. The Balaban J connectivity index is 2.42. The number of ether oxygens (including phenoxy) is 1. The van der Waals surface area contributed by atoms with E-state index in [2.05, 4.69) is 15.4 Å². The third-order valence-electron chi connectivity index (χ3n) is 2.48. The van der Waals surface area contributed by atoms with Gasteiger partial charge in [0.25, 0.3) is 0 Å². The van der Waals surface area contributed by atoms with E-state index in [1.807, 2.05) is 31.2 Å². The zero-order chi connectivity index (χ0) is 12.3. The lowest BCUT2D eigenvalue weighted by Gasteiger charge is -2.07. The van der Waals surface area contributed by atoms with Crippen molar-refractivity contribution in [3.8, 4) is 17.0 Å². The Labute approximate surface area is 99.6 Å². The van der Waals surface area contributed by atoms with Gasteiger partial charge in [0.2, 0.25) is 5.95 Å². The van der Waals surface area contributed by atoms with Crippen LogP contribution in [0.15, 0.2) is 30.5 Å². The number of nitrogens with one attached hydrogen (secondary N) is 1. The van der Waals surface area contributed by atoms with Crippen LogP contribution in [0, 0.1) is 6.92 Å². The number of nitrogen functional groups attached to an aromatic ring is 1. The van der Waals surface area contributed by atoms with Crippen LogP contribution in [0.5, 0.6) is 5.75 Å². The van der Waals surface area contributed by atoms with Crippen molar-refractivity contribution in [1.29, 1.82) is 0 Å². The maximum Gasteiger partial charge on any atom is 0.237 e. The summed E-state index contributed by atoms with van der Waals surface area (Å²) in [6.07, 6.45) is 1.66. The minimum Gasteiger partial charge on any atom is -0.496 e. The van der Waals surface area contributed by atoms with Crippen LogP contribution in [-0.2, 0) is 0 Å². The van der Waals surface area contributed by atoms with Gasteiger partial charge in [0, 0.05) is 11.8 Å². The number of benzene rings is 1. The predicted molar refractivity (Wildman–Crippen MR) is 66.6 cm³/mol. The van der Waals surface area contributed by atoms with Crippen molar-refractivity contribution in [2.75, 3.05) is 12.5 Å². The molecule has 2 rings (SSSR count). The Hall–Kier alpha value is -2.14. The number of aromatic nitrogens is 2. The molecule has 0 bridgehead atoms. The molecule has 2 aromatic rings. The molecule has 0 atom stereocenters. The largest absolute Gasteiger partial charge is 0.496 e. The molecule has 0 aliphatic carbocycles. The van der Waals surface area contributed by atoms with E-state index in [0.29, 0.717) is 5.95 Å². The number of hydrogen-bond acceptors (Lipinski definition) is 5. The molecular weight excluding hydrogens is 216 g/mol. The van der Waals surface area contributed by atoms with Crippen LogP contribution in [0.2, 0.25) is 0 Å². The van der Waals surface area contributed by atoms with Gasteiger partial charge in [-0.25, -0.2) is 15.8 Å². The lowest BCUT2D eigenvalue weighted by Crippen LogP contribution is -2.10. The predicted octanol–water partition coefficient (Wildman–Crippen LogP) is 1.75. The summed E-state index contributed by atoms with van der Waals surface area (Å²) in [6.45, 7) is 1.99. The van der Waals surface area contributed by atoms with E-state index >= 15 is 0 Å². The molecule has 5 nitrogen and oxygen atoms in total. The molecule has 0 amide bonds. The first-order valence-corrected chi connectivity index (χ1v) is 5.19. The highest BCUT2D eigenvalue weighted by molar-refractivity contribution is 5.62. The second-order valence-electron chi connectivity index (χ2n) is 3.59. The van der Waals surface area contributed by atoms with E-state index in [0.717, 1.165) is 22.6 Å². The Morgan fingerprint density at radius 3 is 2.76 bits per heavy atom. The van der Waals surface area contributed by atoms with E-state index in [1.165, 1.54) is 0 Å². The Kier molecular flexibility index (Phi) is 3.20. The number of hydrogen-bond donors (Lipinski definition) is 2. The van der Waals surface area contributed by atoms with Crippen molar-refractivity contribution in [3.05, 3.63) is 36.0 Å². The van der Waals surface area contributed by atoms with Crippen molar-refractivity contribution >= 4 is 5.95 Å². The van der Waals surface area contributed by atoms with Crippen LogP contribution in [0.3, 0.4) is 0 Å². The Bertz CT molecular complexity index is 528. The smallest absolute Gasteiger partial charge is 0.237 e. The van der Waals surface area contributed by atoms with Gasteiger partial charge in [-0.15, -0.1) is 0 Å². The Morgan fingerprint density at radius 1 is 1.29 bits per heavy atom. The number of aryl methyl sites for hydroxylation is 1. The van der Waals surface area contributed by atoms with Crippen molar-refractivity contribution < 1.29 is 4.74 Å². The quantitative estimate of drug-likeness (QED) is 0.620. The monoisotopic (exact) mass is 230 g/mol. The maximum absolute atomic E-state index is 5.28. The van der Waals surface area contributed by atoms with E-state index in [-0.39, 0.29) is 0 Å². The van der Waals surface area contributed by atoms with Gasteiger partial charge in [-0.05, 0) is 36.8 Å². The van der Waals surface area contributed by atoms with Crippen LogP contribution in [0.1, 0.15) is 5.56 Å². The summed E-state index contributed by atoms with van der Waals surface area (Å²) in [5, 5.41) is 0. The standard InChI is InChI=1S/C12H14N4O/c1-8-7-9(3-4-11(8)17-2)10-5-6-14-12(15-10)16-13/h3-7H,13H2,1-2H3,(H,14,15,16). The summed E-state index contributed by atoms with van der Waals surface area (Å²) in [6, 6.07) is 7.72. The molecule has 0 fully saturated rings. The fourth-order valence-electron chi connectivity index (χ4n) is 1.63. The van der Waals surface area contributed by atoms with Gasteiger partial charge in [-0.3, -0.25) is 5.43 Å². The van der Waals surface area contributed by atoms with Gasteiger partial charge in [0.15, 0.2) is 0 Å². The lowest BCUT2D eigenvalue weighted by atomic mass is 10.1. The van der Waals surface area contributed by atoms with Crippen LogP contribution in [0.25, 0.3) is 11.3 Å². The number of nitrogens with two attached hydrogens (primary N) is 1. The number of nitrogens with zero attached hydrogens (tertiary/aromatic N) is 2. The first-order valence-electron chi connectivity index (χ1n) is 5.19. The molecule has 0 saturated carbocycles. The fraction of sp³-hybridized carbons (Fsp3) is 0.167. The van der Waals surface area contributed by atoms with Crippen LogP contribution in [0.4, 0.5) is 5.95 Å². The molecule has 88 valence electrons. The lowest BCUT2D eigenvalue weighted by molar-refractivity contribution is 0.412. The molecule has 0 unspecified atom stereocenters. The zero-order valence-electron chi connectivity index (χ0n) is 9.77. The van der Waals surface area contributed by atoms with E-state index in [1.54, 1.807) is 13.3 Å². The van der Waals surface area contributed by atoms with Crippen molar-refractivity contribution in [3.63, 3.8) is 0 Å². The summed E-state index contributed by atoms with van der Waals surface area (Å²) in [5.41, 5.74) is 5.31. The van der Waals surface area contributed by atoms with Crippen LogP contribution >= 0.6 is 0 Å². The van der Waals surface area contributed by atoms with E-state index in [4.69, 9.17) is 10.6 Å². The van der Waals surface area contributed by atoms with Crippen molar-refractivity contribution in [1.82, 2.24) is 9.97 Å². The molecule has 0 saturated heterocycles. The maximum atomic E-state index is 5.28. The number of anilines is 1. The molecule has 0 radical (unpaired) electrons. The molecule has 1 heterocycles. The van der Waals surface area contributed by atoms with Crippen LogP contribution < -0.4 is 16.0 Å². The second-order valence-corrected chi connectivity index (χ2v) is 3.59. The van der Waals surface area contributed by atoms with Crippen molar-refractivity contribution in [2.45, 2.75) is 6.92 Å². The first-order chi connectivity index (χ1) is 8.24. The average molecular weight is 230 g/mol. The van der Waals surface area contributed by atoms with E-state index < -0.39 is 0 Å². The molecule has 3 N–H and O–H groups in total. The van der Waals surface area contributed by atoms with Crippen LogP contribution in [-0.4, -0.2) is 17.1 Å². The fourth-order valence-corrected chi connectivity index (χ4v) is 1.63. The van der Waals surface area contributed by atoms with Gasteiger partial charge in [0.05, 0.1) is 12.8 Å². The third kappa shape index (κ3) is 2.34. The molecule has 1 aromatic carbocycles. The minimum absolute atomic E-state index is 0.399. The van der Waals surface area contributed by atoms with Gasteiger partial charge in [-0.1, -0.05) is 0 Å². The minimum atomic E-state index is 0.399. The summed E-state index contributed by atoms with van der Waals surface area (Å²) < 4.78 is 5.22. The normalized spacial score (nSPS) is 10.1. The first kappa shape index (κ1) is 11.3. The molecule has 1 aromatic heterocycles. The van der Waals surface area contributed by atoms with Crippen molar-refractivity contribution in [2.24, 2.45) is 5.84 Å². The summed E-state index contributed by atoms with van der Waals surface area (Å²) in [4.78, 5) is 8.24. The highest BCUT2D eigenvalue weighted by Crippen LogP contribution is 2.24. The van der Waals surface area contributed by atoms with Gasteiger partial charge in [0.1, 0.15) is 5.75 Å². The molecule has 0 aliphatic heterocycles. The average Bonchev–Trinajstić information content (AvgIpc) is 2.38. The topological polar surface area (TPSA) is 73.1 Å². The third-order valence-corrected chi connectivity index (χ3v) is 2.48. The zero-order valence-corrected chi connectivity index (χ0v) is 9.77. The molecule has 5 heteroatoms. The highest BCUT2D eigenvalue weighted by Gasteiger charge is 2.04. The molecule has 0 spiro atoms. The van der Waals surface area contributed by atoms with E-state index in [9.17, 15) is 0 Å². The molecular formula is C12H14N4O. The summed E-state index contributed by atoms with van der Waals surface area (Å²) in [5.74, 6) is 6.54. The SMILES string of the molecule is COc1ccc(-c2ccnc(NN)n2)cc1C. The number of hydrazine groups is 1. The van der Waals surface area contributed by atoms with Gasteiger partial charge >= 0.3 is 0 Å². The van der Waals surface area contributed by atoms with Gasteiger partial charge < -0.3 is 4.74 Å². The highest BCUT2D eigenvalue weighted by atomic mass is 16.5. The number of methoxy groups -OCH3 is 1. The Morgan fingerprint density at radius 2 is 2.12 bits per heavy atom. The second kappa shape index (κ2) is 4.80. The summed E-state index contributed by atoms with van der Waals surface area (Å²) in [7, 11) is 1.66. The van der Waals surface area contributed by atoms with Gasteiger partial charge in [-0.2, -0.15) is 0 Å². The molecule has 17 heavy (non-hydrogen) atoms. The number of rotatable bonds is 3. The molecule has 0 aliphatic rings.